The smallest absolute Gasteiger partial charge is 0.407 e. The van der Waals surface area contributed by atoms with Gasteiger partial charge in [-0.1, -0.05) is 92.1 Å². The van der Waals surface area contributed by atoms with Gasteiger partial charge in [-0.15, -0.1) is 0 Å². The Hall–Kier alpha value is -4.00. The summed E-state index contributed by atoms with van der Waals surface area (Å²) < 4.78 is 11.5. The van der Waals surface area contributed by atoms with Crippen LogP contribution < -0.4 is 21.3 Å². The molecular formula is C38H61N5O8. The number of amides is 5. The first-order valence-electron chi connectivity index (χ1n) is 18.1. The third kappa shape index (κ3) is 13.6. The molecule has 286 valence electrons. The Bertz CT molecular complexity index is 1350. The topological polar surface area (TPSA) is 172 Å². The van der Waals surface area contributed by atoms with E-state index < -0.39 is 83.2 Å². The van der Waals surface area contributed by atoms with Crippen LogP contribution in [0.15, 0.2) is 30.3 Å². The van der Waals surface area contributed by atoms with Crippen LogP contribution in [0.1, 0.15) is 107 Å². The maximum atomic E-state index is 14.2. The van der Waals surface area contributed by atoms with Crippen molar-refractivity contribution in [2.45, 2.75) is 131 Å². The summed E-state index contributed by atoms with van der Waals surface area (Å²) in [6, 6.07) is 5.83. The van der Waals surface area contributed by atoms with Gasteiger partial charge in [0.15, 0.2) is 0 Å². The van der Waals surface area contributed by atoms with Crippen LogP contribution >= 0.6 is 0 Å². The number of ketones is 1. The van der Waals surface area contributed by atoms with E-state index in [0.717, 1.165) is 5.56 Å². The molecule has 13 heteroatoms. The van der Waals surface area contributed by atoms with Gasteiger partial charge in [-0.3, -0.25) is 24.0 Å². The summed E-state index contributed by atoms with van der Waals surface area (Å²) >= 11 is 0. The lowest BCUT2D eigenvalue weighted by molar-refractivity contribution is -0.144. The van der Waals surface area contributed by atoms with E-state index in [4.69, 9.17) is 9.47 Å². The van der Waals surface area contributed by atoms with Crippen LogP contribution in [0, 0.1) is 17.3 Å². The first kappa shape index (κ1) is 43.2. The van der Waals surface area contributed by atoms with Crippen LogP contribution in [-0.2, 0) is 33.4 Å². The van der Waals surface area contributed by atoms with Crippen LogP contribution in [0.4, 0.5) is 4.79 Å². The highest BCUT2D eigenvalue weighted by atomic mass is 16.5. The molecule has 5 amide bonds. The fourth-order valence-corrected chi connectivity index (χ4v) is 5.78. The number of hydrogen-bond donors (Lipinski definition) is 4. The van der Waals surface area contributed by atoms with Crippen molar-refractivity contribution in [3.63, 3.8) is 0 Å². The minimum atomic E-state index is -1.22. The Morgan fingerprint density at radius 3 is 2.04 bits per heavy atom. The molecule has 1 heterocycles. The fraction of sp³-hybridized carbons (Fsp3) is 0.684. The second kappa shape index (κ2) is 19.0. The standard InChI is InChI=1S/C38H61N5O8/c1-12-24(5)30(31(45)34(47)39-20-29(44)40-27(13-2)25-17-15-14-16-18-25)41-33(46)28-19-26(51-38(9,10)11)21-43(28)35(48)32(37(6,7)8)42-36(49)50-22-23(3)4/h14-18,23-24,26-28,30,32H,12-13,19-22H2,1-11H3,(H,39,47)(H,40,44)(H,41,46)(H,42,49)/t24-,26-,27-,28+,30?,32-/m1/s1. The Labute approximate surface area is 303 Å². The minimum absolute atomic E-state index is 0.0722. The van der Waals surface area contributed by atoms with E-state index in [2.05, 4.69) is 21.3 Å². The number of Topliss-reactive ketones (excluding diaryl/α,β-unsaturated/α-hetero) is 1. The second-order valence-electron chi connectivity index (χ2n) is 15.9. The van der Waals surface area contributed by atoms with Crippen LogP contribution in [0.25, 0.3) is 0 Å². The summed E-state index contributed by atoms with van der Waals surface area (Å²) in [5.41, 5.74) is -0.415. The quantitative estimate of drug-likeness (QED) is 0.186. The predicted molar refractivity (Wildman–Crippen MR) is 194 cm³/mol. The van der Waals surface area contributed by atoms with Gasteiger partial charge < -0.3 is 35.6 Å². The lowest BCUT2D eigenvalue weighted by Gasteiger charge is -2.35. The Morgan fingerprint density at radius 1 is 0.882 bits per heavy atom. The highest BCUT2D eigenvalue weighted by Crippen LogP contribution is 2.29. The summed E-state index contributed by atoms with van der Waals surface area (Å²) in [7, 11) is 0. The molecule has 4 N–H and O–H groups in total. The maximum Gasteiger partial charge on any atom is 0.407 e. The molecule has 1 aromatic rings. The van der Waals surface area contributed by atoms with E-state index in [9.17, 15) is 28.8 Å². The van der Waals surface area contributed by atoms with Crippen molar-refractivity contribution in [2.75, 3.05) is 19.7 Å². The molecule has 0 aromatic heterocycles. The van der Waals surface area contributed by atoms with Crippen LogP contribution in [0.5, 0.6) is 0 Å². The summed E-state index contributed by atoms with van der Waals surface area (Å²) in [5.74, 6) is -3.85. The Kier molecular flexibility index (Phi) is 16.1. The predicted octanol–water partition coefficient (Wildman–Crippen LogP) is 4.05. The molecule has 1 saturated heterocycles. The molecule has 0 bridgehead atoms. The zero-order valence-electron chi connectivity index (χ0n) is 32.4. The molecule has 13 nitrogen and oxygen atoms in total. The highest BCUT2D eigenvalue weighted by molar-refractivity contribution is 6.38. The molecule has 51 heavy (non-hydrogen) atoms. The van der Waals surface area contributed by atoms with Crippen molar-refractivity contribution < 1.29 is 38.2 Å². The number of carbonyl (C=O) groups is 6. The minimum Gasteiger partial charge on any atom is -0.449 e. The molecular weight excluding hydrogens is 654 g/mol. The van der Waals surface area contributed by atoms with Gasteiger partial charge in [-0.05, 0) is 50.0 Å². The molecule has 0 spiro atoms. The number of nitrogens with zero attached hydrogens (tertiary/aromatic N) is 1. The fourth-order valence-electron chi connectivity index (χ4n) is 5.78. The summed E-state index contributed by atoms with van der Waals surface area (Å²) in [5, 5.41) is 10.7. The van der Waals surface area contributed by atoms with Gasteiger partial charge in [-0.2, -0.15) is 0 Å². The van der Waals surface area contributed by atoms with E-state index in [0.29, 0.717) is 12.8 Å². The van der Waals surface area contributed by atoms with E-state index in [-0.39, 0.29) is 31.5 Å². The number of rotatable bonds is 16. The van der Waals surface area contributed by atoms with Crippen LogP contribution in [-0.4, -0.2) is 89.9 Å². The number of ether oxygens (including phenoxy) is 2. The molecule has 0 radical (unpaired) electrons. The second-order valence-corrected chi connectivity index (χ2v) is 15.9. The van der Waals surface area contributed by atoms with Gasteiger partial charge >= 0.3 is 6.09 Å². The molecule has 1 aromatic carbocycles. The molecule has 1 aliphatic heterocycles. The monoisotopic (exact) mass is 715 g/mol. The average Bonchev–Trinajstić information content (AvgIpc) is 3.47. The number of alkyl carbamates (subject to hydrolysis) is 1. The van der Waals surface area contributed by atoms with Crippen molar-refractivity contribution in [3.8, 4) is 0 Å². The zero-order chi connectivity index (χ0) is 38.7. The SMILES string of the molecule is CC[C@@H](C)C(NC(=O)[C@@H]1C[C@@H](OC(C)(C)C)CN1C(=O)[C@@H](NC(=O)OCC(C)C)C(C)(C)C)C(=O)C(=O)NCC(=O)N[C@H](CC)c1ccccc1. The first-order chi connectivity index (χ1) is 23.7. The van der Waals surface area contributed by atoms with Gasteiger partial charge in [0.2, 0.25) is 23.5 Å². The molecule has 0 aliphatic carbocycles. The first-order valence-corrected chi connectivity index (χ1v) is 18.1. The third-order valence-electron chi connectivity index (χ3n) is 8.66. The molecule has 1 fully saturated rings. The number of likely N-dealkylation sites (tertiary alicyclic amines) is 1. The van der Waals surface area contributed by atoms with E-state index >= 15 is 0 Å². The van der Waals surface area contributed by atoms with E-state index in [1.54, 1.807) is 27.7 Å². The highest BCUT2D eigenvalue weighted by Gasteiger charge is 2.47. The summed E-state index contributed by atoms with van der Waals surface area (Å²) in [6.07, 6.45) is -0.0381. The van der Waals surface area contributed by atoms with Gasteiger partial charge in [0.25, 0.3) is 5.91 Å². The van der Waals surface area contributed by atoms with Crippen molar-refractivity contribution in [2.24, 2.45) is 17.3 Å². The summed E-state index contributed by atoms with van der Waals surface area (Å²) in [4.78, 5) is 81.6. The molecule has 2 rings (SSSR count). The van der Waals surface area contributed by atoms with E-state index in [1.807, 2.05) is 78.8 Å². The average molecular weight is 716 g/mol. The van der Waals surface area contributed by atoms with Crippen LogP contribution in [0.3, 0.4) is 0 Å². The van der Waals surface area contributed by atoms with Crippen molar-refractivity contribution in [1.29, 1.82) is 0 Å². The number of carbonyl (C=O) groups excluding carboxylic acids is 6. The van der Waals surface area contributed by atoms with Crippen molar-refractivity contribution in [3.05, 3.63) is 35.9 Å². The van der Waals surface area contributed by atoms with Crippen molar-refractivity contribution in [1.82, 2.24) is 26.2 Å². The van der Waals surface area contributed by atoms with E-state index in [1.165, 1.54) is 4.90 Å². The maximum absolute atomic E-state index is 14.2. The van der Waals surface area contributed by atoms with Gasteiger partial charge in [-0.25, -0.2) is 4.79 Å². The molecule has 1 unspecified atom stereocenters. The number of nitrogens with one attached hydrogen (secondary N) is 4. The Balaban J connectivity index is 2.26. The third-order valence-corrected chi connectivity index (χ3v) is 8.66. The summed E-state index contributed by atoms with van der Waals surface area (Å²) in [6.45, 7) is 20.1. The largest absolute Gasteiger partial charge is 0.449 e. The number of hydrogen-bond acceptors (Lipinski definition) is 8. The Morgan fingerprint density at radius 2 is 1.51 bits per heavy atom. The molecule has 0 saturated carbocycles. The van der Waals surface area contributed by atoms with Crippen molar-refractivity contribution >= 4 is 35.5 Å². The zero-order valence-corrected chi connectivity index (χ0v) is 32.4. The van der Waals surface area contributed by atoms with Gasteiger partial charge in [0.1, 0.15) is 12.1 Å². The van der Waals surface area contributed by atoms with Crippen LogP contribution in [0.2, 0.25) is 0 Å². The lowest BCUT2D eigenvalue weighted by Crippen LogP contribution is -2.59. The lowest BCUT2D eigenvalue weighted by atomic mass is 9.85. The normalized spacial score (nSPS) is 18.6. The van der Waals surface area contributed by atoms with Gasteiger partial charge in [0.05, 0.1) is 36.9 Å². The number of benzene rings is 1. The molecule has 6 atom stereocenters. The van der Waals surface area contributed by atoms with Gasteiger partial charge in [0, 0.05) is 13.0 Å². The molecule has 1 aliphatic rings.